The van der Waals surface area contributed by atoms with Gasteiger partial charge in [-0.05, 0) is 19.1 Å². The maximum atomic E-state index is 2.47. The summed E-state index contributed by atoms with van der Waals surface area (Å²) in [4.78, 5) is 0. The SMILES string of the molecule is CSN1CCCCCC1. The first-order valence-electron chi connectivity index (χ1n) is 3.72. The predicted molar refractivity (Wildman–Crippen MR) is 43.6 cm³/mol. The summed E-state index contributed by atoms with van der Waals surface area (Å²) in [5, 5.41) is 0. The minimum Gasteiger partial charge on any atom is -0.251 e. The van der Waals surface area contributed by atoms with Crippen molar-refractivity contribution in [1.82, 2.24) is 4.31 Å². The van der Waals surface area contributed by atoms with Crippen LogP contribution in [0.4, 0.5) is 0 Å². The fraction of sp³-hybridized carbons (Fsp3) is 1.00. The quantitative estimate of drug-likeness (QED) is 0.520. The van der Waals surface area contributed by atoms with E-state index in [9.17, 15) is 0 Å². The summed E-state index contributed by atoms with van der Waals surface area (Å²) in [7, 11) is 0. The predicted octanol–water partition coefficient (Wildman–Crippen LogP) is 2.14. The summed E-state index contributed by atoms with van der Waals surface area (Å²) >= 11 is 1.89. The van der Waals surface area contributed by atoms with E-state index >= 15 is 0 Å². The maximum Gasteiger partial charge on any atom is 0.00892 e. The molecule has 0 amide bonds. The Labute approximate surface area is 61.9 Å². The highest BCUT2D eigenvalue weighted by Crippen LogP contribution is 2.14. The molecule has 1 aliphatic heterocycles. The smallest absolute Gasteiger partial charge is 0.00892 e. The highest BCUT2D eigenvalue weighted by molar-refractivity contribution is 7.96. The molecular formula is C7H15NS. The average molecular weight is 145 g/mol. The zero-order chi connectivity index (χ0) is 6.53. The van der Waals surface area contributed by atoms with Crippen molar-refractivity contribution < 1.29 is 0 Å². The van der Waals surface area contributed by atoms with Crippen molar-refractivity contribution in [2.75, 3.05) is 19.3 Å². The maximum absolute atomic E-state index is 2.47. The van der Waals surface area contributed by atoms with Gasteiger partial charge in [0, 0.05) is 13.1 Å². The zero-order valence-corrected chi connectivity index (χ0v) is 6.91. The largest absolute Gasteiger partial charge is 0.251 e. The normalized spacial score (nSPS) is 23.7. The molecule has 0 aromatic carbocycles. The van der Waals surface area contributed by atoms with E-state index in [1.165, 1.54) is 38.8 Å². The van der Waals surface area contributed by atoms with Gasteiger partial charge >= 0.3 is 0 Å². The molecule has 0 aliphatic carbocycles. The third-order valence-electron chi connectivity index (χ3n) is 1.82. The summed E-state index contributed by atoms with van der Waals surface area (Å²) in [6, 6.07) is 0. The van der Waals surface area contributed by atoms with E-state index in [2.05, 4.69) is 10.6 Å². The van der Waals surface area contributed by atoms with E-state index in [4.69, 9.17) is 0 Å². The Morgan fingerprint density at radius 1 is 1.00 bits per heavy atom. The molecule has 0 saturated carbocycles. The number of rotatable bonds is 1. The van der Waals surface area contributed by atoms with Gasteiger partial charge in [0.15, 0.2) is 0 Å². The summed E-state index contributed by atoms with van der Waals surface area (Å²) < 4.78 is 2.47. The van der Waals surface area contributed by atoms with E-state index in [0.29, 0.717) is 0 Å². The van der Waals surface area contributed by atoms with Gasteiger partial charge in [-0.1, -0.05) is 24.8 Å². The van der Waals surface area contributed by atoms with Gasteiger partial charge in [0.05, 0.1) is 0 Å². The average Bonchev–Trinajstić information content (AvgIpc) is 2.13. The number of nitrogens with zero attached hydrogens (tertiary/aromatic N) is 1. The molecular weight excluding hydrogens is 130 g/mol. The van der Waals surface area contributed by atoms with Crippen molar-refractivity contribution in [3.8, 4) is 0 Å². The van der Waals surface area contributed by atoms with Gasteiger partial charge in [0.2, 0.25) is 0 Å². The lowest BCUT2D eigenvalue weighted by atomic mass is 10.2. The van der Waals surface area contributed by atoms with Crippen molar-refractivity contribution in [2.24, 2.45) is 0 Å². The molecule has 0 bridgehead atoms. The second-order valence-electron chi connectivity index (χ2n) is 2.53. The lowest BCUT2D eigenvalue weighted by molar-refractivity contribution is 0.491. The highest BCUT2D eigenvalue weighted by Gasteiger charge is 2.05. The summed E-state index contributed by atoms with van der Waals surface area (Å²) in [6.45, 7) is 2.61. The van der Waals surface area contributed by atoms with Crippen LogP contribution in [0.1, 0.15) is 25.7 Å². The molecule has 2 heteroatoms. The number of hydrogen-bond acceptors (Lipinski definition) is 2. The van der Waals surface area contributed by atoms with E-state index in [0.717, 1.165) is 0 Å². The molecule has 0 spiro atoms. The second kappa shape index (κ2) is 4.18. The zero-order valence-electron chi connectivity index (χ0n) is 6.10. The third kappa shape index (κ3) is 2.59. The van der Waals surface area contributed by atoms with Gasteiger partial charge in [-0.2, -0.15) is 0 Å². The molecule has 1 fully saturated rings. The Balaban J connectivity index is 2.18. The Hall–Kier alpha value is 0.310. The fourth-order valence-electron chi connectivity index (χ4n) is 1.22. The topological polar surface area (TPSA) is 3.24 Å². The molecule has 0 unspecified atom stereocenters. The van der Waals surface area contributed by atoms with Crippen LogP contribution in [0.25, 0.3) is 0 Å². The third-order valence-corrected chi connectivity index (χ3v) is 2.70. The Morgan fingerprint density at radius 2 is 1.56 bits per heavy atom. The lowest BCUT2D eigenvalue weighted by Gasteiger charge is -2.14. The van der Waals surface area contributed by atoms with Gasteiger partial charge < -0.3 is 0 Å². The van der Waals surface area contributed by atoms with Crippen LogP contribution in [0.15, 0.2) is 0 Å². The molecule has 1 saturated heterocycles. The molecule has 1 nitrogen and oxygen atoms in total. The van der Waals surface area contributed by atoms with Crippen LogP contribution in [0.2, 0.25) is 0 Å². The standard InChI is InChI=1S/C7H15NS/c1-9-8-6-4-2-3-5-7-8/h2-7H2,1H3. The van der Waals surface area contributed by atoms with E-state index < -0.39 is 0 Å². The van der Waals surface area contributed by atoms with Crippen LogP contribution in [0, 0.1) is 0 Å². The van der Waals surface area contributed by atoms with Gasteiger partial charge in [0.25, 0.3) is 0 Å². The molecule has 0 aromatic rings. The molecule has 0 N–H and O–H groups in total. The first kappa shape index (κ1) is 7.42. The van der Waals surface area contributed by atoms with Crippen LogP contribution < -0.4 is 0 Å². The molecule has 9 heavy (non-hydrogen) atoms. The first-order valence-corrected chi connectivity index (χ1v) is 4.90. The minimum atomic E-state index is 1.31. The summed E-state index contributed by atoms with van der Waals surface area (Å²) in [6.07, 6.45) is 7.86. The van der Waals surface area contributed by atoms with Crippen molar-refractivity contribution in [1.29, 1.82) is 0 Å². The first-order chi connectivity index (χ1) is 4.43. The lowest BCUT2D eigenvalue weighted by Crippen LogP contribution is -2.15. The molecule has 1 heterocycles. The highest BCUT2D eigenvalue weighted by atomic mass is 32.2. The van der Waals surface area contributed by atoms with Crippen LogP contribution in [-0.4, -0.2) is 23.7 Å². The minimum absolute atomic E-state index is 1.31. The van der Waals surface area contributed by atoms with Crippen LogP contribution in [0.5, 0.6) is 0 Å². The summed E-state index contributed by atoms with van der Waals surface area (Å²) in [5.41, 5.74) is 0. The molecule has 0 radical (unpaired) electrons. The monoisotopic (exact) mass is 145 g/mol. The Bertz CT molecular complexity index is 67.3. The number of hydrogen-bond donors (Lipinski definition) is 0. The molecule has 0 atom stereocenters. The van der Waals surface area contributed by atoms with Gasteiger partial charge in [-0.15, -0.1) is 0 Å². The van der Waals surface area contributed by atoms with Gasteiger partial charge in [-0.25, -0.2) is 0 Å². The van der Waals surface area contributed by atoms with Crippen LogP contribution >= 0.6 is 11.9 Å². The molecule has 54 valence electrons. The molecule has 1 aliphatic rings. The Kier molecular flexibility index (Phi) is 3.44. The van der Waals surface area contributed by atoms with Crippen molar-refractivity contribution in [3.63, 3.8) is 0 Å². The Morgan fingerprint density at radius 3 is 2.00 bits per heavy atom. The fourth-order valence-corrected chi connectivity index (χ4v) is 1.85. The van der Waals surface area contributed by atoms with Gasteiger partial charge in [-0.3, -0.25) is 4.31 Å². The molecule has 1 rings (SSSR count). The summed E-state index contributed by atoms with van der Waals surface area (Å²) in [5.74, 6) is 0. The van der Waals surface area contributed by atoms with E-state index in [1.807, 2.05) is 11.9 Å². The second-order valence-corrected chi connectivity index (χ2v) is 3.41. The van der Waals surface area contributed by atoms with Crippen LogP contribution in [0.3, 0.4) is 0 Å². The van der Waals surface area contributed by atoms with Crippen LogP contribution in [-0.2, 0) is 0 Å². The van der Waals surface area contributed by atoms with E-state index in [1.54, 1.807) is 0 Å². The van der Waals surface area contributed by atoms with Gasteiger partial charge in [0.1, 0.15) is 0 Å². The van der Waals surface area contributed by atoms with Crippen molar-refractivity contribution >= 4 is 11.9 Å². The van der Waals surface area contributed by atoms with Crippen molar-refractivity contribution in [3.05, 3.63) is 0 Å². The van der Waals surface area contributed by atoms with Crippen molar-refractivity contribution in [2.45, 2.75) is 25.7 Å². The molecule has 0 aromatic heterocycles. The van der Waals surface area contributed by atoms with E-state index in [-0.39, 0.29) is 0 Å².